The highest BCUT2D eigenvalue weighted by molar-refractivity contribution is 8.00. The molecule has 4 atom stereocenters. The lowest BCUT2D eigenvalue weighted by molar-refractivity contribution is -0.0333. The van der Waals surface area contributed by atoms with E-state index in [9.17, 15) is 22.7 Å². The van der Waals surface area contributed by atoms with Crippen molar-refractivity contribution in [2.24, 2.45) is 0 Å². The normalized spacial score (nSPS) is 25.6. The number of hydrogen-bond acceptors (Lipinski definition) is 9. The SMILES string of the molecule is C#Cc1c(F)ccc2cc(O)cc(-c3ncc4c(N5CC6CCCC5CN6)nc(OCC56CCCN5CC(SC(F)(F)F)C6)nc4c3F)c12. The molecule has 8 nitrogen and oxygen atoms in total. The van der Waals surface area contributed by atoms with E-state index in [1.54, 1.807) is 0 Å². The van der Waals surface area contributed by atoms with Gasteiger partial charge in [0.15, 0.2) is 5.82 Å². The van der Waals surface area contributed by atoms with E-state index in [1.807, 2.05) is 0 Å². The van der Waals surface area contributed by atoms with E-state index in [4.69, 9.17) is 16.1 Å². The van der Waals surface area contributed by atoms with Crippen LogP contribution in [0.3, 0.4) is 0 Å². The maximum Gasteiger partial charge on any atom is 0.442 e. The number of pyridine rings is 1. The number of terminal acetylenes is 1. The fourth-order valence-electron chi connectivity index (χ4n) is 8.35. The number of anilines is 1. The third kappa shape index (κ3) is 5.79. The third-order valence-corrected chi connectivity index (χ3v) is 11.4. The van der Waals surface area contributed by atoms with E-state index >= 15 is 4.39 Å². The summed E-state index contributed by atoms with van der Waals surface area (Å²) >= 11 is 0.0286. The summed E-state index contributed by atoms with van der Waals surface area (Å²) in [7, 11) is 0. The minimum absolute atomic E-state index is 0.0286. The molecular formula is C35H33F5N6O2S. The minimum Gasteiger partial charge on any atom is -0.508 e. The summed E-state index contributed by atoms with van der Waals surface area (Å²) in [5.74, 6) is 1.13. The van der Waals surface area contributed by atoms with Crippen LogP contribution in [0.15, 0.2) is 30.5 Å². The molecule has 0 saturated carbocycles. The molecule has 2 aromatic carbocycles. The number of halogens is 5. The van der Waals surface area contributed by atoms with Crippen molar-refractivity contribution in [1.29, 1.82) is 0 Å². The summed E-state index contributed by atoms with van der Waals surface area (Å²) in [4.78, 5) is 18.1. The van der Waals surface area contributed by atoms with Gasteiger partial charge in [-0.1, -0.05) is 12.0 Å². The number of rotatable bonds is 6. The van der Waals surface area contributed by atoms with Crippen molar-refractivity contribution in [3.8, 4) is 35.4 Å². The maximum absolute atomic E-state index is 16.9. The number of fused-ring (bicyclic) bond motifs is 7. The molecule has 5 aliphatic heterocycles. The summed E-state index contributed by atoms with van der Waals surface area (Å²) in [5, 5.41) is 14.5. The van der Waals surface area contributed by atoms with Crippen LogP contribution in [0.2, 0.25) is 0 Å². The number of phenols is 1. The molecular weight excluding hydrogens is 663 g/mol. The van der Waals surface area contributed by atoms with Crippen LogP contribution in [-0.4, -0.2) is 86.1 Å². The molecule has 49 heavy (non-hydrogen) atoms. The van der Waals surface area contributed by atoms with Crippen LogP contribution in [-0.2, 0) is 0 Å². The Balaban J connectivity index is 1.24. The molecule has 2 N–H and O–H groups in total. The van der Waals surface area contributed by atoms with Crippen molar-refractivity contribution >= 4 is 39.3 Å². The van der Waals surface area contributed by atoms with Crippen LogP contribution in [0, 0.1) is 24.0 Å². The number of alkyl halides is 3. The van der Waals surface area contributed by atoms with Crippen LogP contribution >= 0.6 is 11.8 Å². The average Bonchev–Trinajstić information content (AvgIpc) is 3.40. The van der Waals surface area contributed by atoms with Gasteiger partial charge >= 0.3 is 11.5 Å². The summed E-state index contributed by atoms with van der Waals surface area (Å²) in [6.45, 7) is 2.40. The lowest BCUT2D eigenvalue weighted by Crippen LogP contribution is -2.54. The van der Waals surface area contributed by atoms with Gasteiger partial charge in [-0.05, 0) is 80.4 Å². The molecule has 14 heteroatoms. The predicted octanol–water partition coefficient (Wildman–Crippen LogP) is 6.38. The number of piperazine rings is 1. The highest BCUT2D eigenvalue weighted by atomic mass is 32.2. The van der Waals surface area contributed by atoms with E-state index in [0.717, 1.165) is 32.2 Å². The van der Waals surface area contributed by atoms with Gasteiger partial charge in [-0.25, -0.2) is 8.78 Å². The fourth-order valence-corrected chi connectivity index (χ4v) is 9.38. The Bertz CT molecular complexity index is 2000. The molecule has 5 fully saturated rings. The van der Waals surface area contributed by atoms with Gasteiger partial charge in [0.2, 0.25) is 0 Å². The lowest BCUT2D eigenvalue weighted by atomic mass is 9.95. The quantitative estimate of drug-likeness (QED) is 0.176. The number of ether oxygens (including phenoxy) is 1. The number of thioether (sulfide) groups is 1. The van der Waals surface area contributed by atoms with Crippen molar-refractivity contribution < 1.29 is 31.8 Å². The number of benzene rings is 2. The highest BCUT2D eigenvalue weighted by Gasteiger charge is 2.51. The summed E-state index contributed by atoms with van der Waals surface area (Å²) in [5.41, 5.74) is -5.19. The number of nitrogens with one attached hydrogen (secondary N) is 1. The van der Waals surface area contributed by atoms with Gasteiger partial charge in [0.25, 0.3) is 0 Å². The first-order valence-corrected chi connectivity index (χ1v) is 17.3. The topological polar surface area (TPSA) is 86.6 Å². The average molecular weight is 697 g/mol. The molecule has 2 bridgehead atoms. The van der Waals surface area contributed by atoms with Gasteiger partial charge in [0.1, 0.15) is 35.2 Å². The largest absolute Gasteiger partial charge is 0.508 e. The number of nitrogens with zero attached hydrogens (tertiary/aromatic N) is 5. The van der Waals surface area contributed by atoms with E-state index in [2.05, 4.69) is 31.0 Å². The van der Waals surface area contributed by atoms with Crippen LogP contribution < -0.4 is 15.0 Å². The van der Waals surface area contributed by atoms with E-state index in [0.29, 0.717) is 49.1 Å². The second kappa shape index (κ2) is 12.1. The number of aromatic hydroxyl groups is 1. The molecule has 0 amide bonds. The molecule has 256 valence electrons. The molecule has 4 unspecified atom stereocenters. The van der Waals surface area contributed by atoms with E-state index in [1.165, 1.54) is 30.5 Å². The van der Waals surface area contributed by atoms with Gasteiger partial charge in [0.05, 0.1) is 16.5 Å². The molecule has 5 aliphatic rings. The number of hydrogen-bond donors (Lipinski definition) is 2. The zero-order valence-corrected chi connectivity index (χ0v) is 27.2. The summed E-state index contributed by atoms with van der Waals surface area (Å²) in [6.07, 6.45) is 11.9. The first kappa shape index (κ1) is 32.3. The van der Waals surface area contributed by atoms with Gasteiger partial charge < -0.3 is 20.1 Å². The Morgan fingerprint density at radius 3 is 2.82 bits per heavy atom. The molecule has 0 spiro atoms. The van der Waals surface area contributed by atoms with Gasteiger partial charge in [-0.2, -0.15) is 23.1 Å². The van der Waals surface area contributed by atoms with Crippen LogP contribution in [0.1, 0.15) is 44.1 Å². The fraction of sp³-hybridized carbons (Fsp3) is 0.457. The smallest absolute Gasteiger partial charge is 0.442 e. The summed E-state index contributed by atoms with van der Waals surface area (Å²) in [6, 6.07) is 5.57. The number of aromatic nitrogens is 3. The Labute approximate surface area is 283 Å². The van der Waals surface area contributed by atoms with Crippen LogP contribution in [0.4, 0.5) is 27.8 Å². The monoisotopic (exact) mass is 696 g/mol. The predicted molar refractivity (Wildman–Crippen MR) is 178 cm³/mol. The van der Waals surface area contributed by atoms with Crippen LogP contribution in [0.25, 0.3) is 32.9 Å². The molecule has 5 saturated heterocycles. The standard InChI is InChI=1S/C35H33F5N6O2S/c1-2-24-27(36)8-7-19-11-22(47)12-25(28(19)24)30-29(37)31-26(15-42-30)32(46-16-20-5-3-6-21(46)14-41-20)44-33(43-31)48-18-34-9-4-10-45(34)17-23(13-34)49-35(38,39)40/h1,7-8,11-12,15,20-21,23,41,47H,3-6,9-10,13-14,16-18H2. The van der Waals surface area contributed by atoms with Gasteiger partial charge in [0, 0.05) is 54.1 Å². The van der Waals surface area contributed by atoms with Crippen molar-refractivity contribution in [1.82, 2.24) is 25.2 Å². The second-order valence-electron chi connectivity index (χ2n) is 13.5. The van der Waals surface area contributed by atoms with Crippen molar-refractivity contribution in [3.63, 3.8) is 0 Å². The summed E-state index contributed by atoms with van der Waals surface area (Å²) < 4.78 is 77.9. The zero-order chi connectivity index (χ0) is 34.1. The third-order valence-electron chi connectivity index (χ3n) is 10.5. The second-order valence-corrected chi connectivity index (χ2v) is 14.8. The minimum atomic E-state index is -4.33. The molecule has 4 aromatic rings. The Morgan fingerprint density at radius 1 is 1.14 bits per heavy atom. The maximum atomic E-state index is 16.9. The lowest BCUT2D eigenvalue weighted by Gasteiger charge is -2.38. The first-order valence-electron chi connectivity index (χ1n) is 16.4. The van der Waals surface area contributed by atoms with Gasteiger partial charge in [-0.15, -0.1) is 6.42 Å². The molecule has 0 aliphatic carbocycles. The Hall–Kier alpha value is -3.93. The van der Waals surface area contributed by atoms with Crippen LogP contribution in [0.5, 0.6) is 11.8 Å². The number of phenolic OH excluding ortho intramolecular Hbond substituents is 1. The Kier molecular flexibility index (Phi) is 8.00. The molecule has 2 aromatic heterocycles. The molecule has 7 heterocycles. The zero-order valence-electron chi connectivity index (χ0n) is 26.4. The van der Waals surface area contributed by atoms with Gasteiger partial charge in [-0.3, -0.25) is 9.88 Å². The first-order chi connectivity index (χ1) is 23.5. The van der Waals surface area contributed by atoms with Crippen molar-refractivity contribution in [3.05, 3.63) is 47.7 Å². The molecule has 0 radical (unpaired) electrons. The van der Waals surface area contributed by atoms with E-state index in [-0.39, 0.29) is 69.9 Å². The highest BCUT2D eigenvalue weighted by Crippen LogP contribution is 2.47. The van der Waals surface area contributed by atoms with Crippen molar-refractivity contribution in [2.75, 3.05) is 37.7 Å². The van der Waals surface area contributed by atoms with E-state index < -0.39 is 27.9 Å². The Morgan fingerprint density at radius 2 is 2.00 bits per heavy atom. The van der Waals surface area contributed by atoms with Crippen molar-refractivity contribution in [2.45, 2.75) is 66.9 Å². The molecule has 9 rings (SSSR count).